The Morgan fingerprint density at radius 3 is 1.29 bits per heavy atom. The highest BCUT2D eigenvalue weighted by atomic mass is 16.4. The predicted octanol–water partition coefficient (Wildman–Crippen LogP) is 4.01. The number of aliphatic hydroxyl groups is 3. The molecule has 0 rings (SSSR count). The number of carboxylic acids is 1. The molecule has 8 nitrogen and oxygen atoms in total. The van der Waals surface area contributed by atoms with Gasteiger partial charge in [-0.15, -0.1) is 0 Å². The van der Waals surface area contributed by atoms with Crippen LogP contribution in [-0.4, -0.2) is 63.1 Å². The first-order chi connectivity index (χ1) is 16.5. The third-order valence-corrected chi connectivity index (χ3v) is 7.33. The van der Waals surface area contributed by atoms with Gasteiger partial charge in [0.05, 0.1) is 18.1 Å². The zero-order chi connectivity index (χ0) is 26.9. The van der Waals surface area contributed by atoms with Crippen LogP contribution in [0.1, 0.15) is 117 Å². The Hall–Kier alpha value is -1.64. The summed E-state index contributed by atoms with van der Waals surface area (Å²) in [5.74, 6) is -4.21. The second kappa shape index (κ2) is 17.7. The minimum atomic E-state index is -2.59. The maximum absolute atomic E-state index is 12.9. The van der Waals surface area contributed by atoms with Gasteiger partial charge in [0.25, 0.3) is 0 Å². The van der Waals surface area contributed by atoms with E-state index < -0.39 is 53.3 Å². The normalized spacial score (nSPS) is 14.3. The Morgan fingerprint density at radius 1 is 0.629 bits per heavy atom. The number of hydrogen-bond acceptors (Lipinski definition) is 7. The quantitative estimate of drug-likeness (QED) is 0.121. The van der Waals surface area contributed by atoms with Crippen LogP contribution in [0.25, 0.3) is 0 Å². The van der Waals surface area contributed by atoms with Gasteiger partial charge in [-0.1, -0.05) is 77.0 Å². The monoisotopic (exact) mass is 500 g/mol. The largest absolute Gasteiger partial charge is 0.480 e. The van der Waals surface area contributed by atoms with Crippen molar-refractivity contribution in [3.05, 3.63) is 0 Å². The van der Waals surface area contributed by atoms with Gasteiger partial charge in [-0.25, -0.2) is 0 Å². The first-order valence-corrected chi connectivity index (χ1v) is 13.2. The van der Waals surface area contributed by atoms with Gasteiger partial charge >= 0.3 is 5.97 Å². The lowest BCUT2D eigenvalue weighted by molar-refractivity contribution is -0.176. The van der Waals surface area contributed by atoms with E-state index in [1.165, 1.54) is 32.1 Å². The molecule has 0 aromatic rings. The molecule has 0 aliphatic heterocycles. The molecule has 2 unspecified atom stereocenters. The van der Waals surface area contributed by atoms with Crippen LogP contribution in [-0.2, 0) is 19.2 Å². The number of carbonyl (C=O) groups is 4. The number of carbonyl (C=O) groups excluding carboxylic acids is 3. The molecule has 4 N–H and O–H groups in total. The van der Waals surface area contributed by atoms with Crippen molar-refractivity contribution < 1.29 is 39.6 Å². The molecule has 0 aliphatic rings. The molecule has 204 valence electrons. The number of Topliss-reactive ketones (excluding diaryl/α,β-unsaturated/α-hetero) is 3. The molecule has 0 aromatic carbocycles. The molecule has 0 saturated heterocycles. The van der Waals surface area contributed by atoms with Crippen molar-refractivity contribution in [3.8, 4) is 0 Å². The Bertz CT molecular complexity index is 624. The highest BCUT2D eigenvalue weighted by molar-refractivity contribution is 6.24. The average Bonchev–Trinajstić information content (AvgIpc) is 2.78. The van der Waals surface area contributed by atoms with Gasteiger partial charge < -0.3 is 20.4 Å². The Labute approximate surface area is 210 Å². The van der Waals surface area contributed by atoms with Crippen molar-refractivity contribution in [2.24, 2.45) is 10.8 Å². The Balaban J connectivity index is 4.92. The molecule has 0 bridgehead atoms. The molecule has 8 heteroatoms. The third kappa shape index (κ3) is 9.73. The SMILES string of the molecule is CC(=O)C(CCCCCCCCCCCCCCCO)(CC(O)CO)C(C(C)=O)(C(C)=O)C(=O)O. The van der Waals surface area contributed by atoms with Crippen LogP contribution in [0.3, 0.4) is 0 Å². The number of aliphatic carboxylic acids is 1. The van der Waals surface area contributed by atoms with Crippen LogP contribution in [0, 0.1) is 10.8 Å². The highest BCUT2D eigenvalue weighted by Gasteiger charge is 2.65. The van der Waals surface area contributed by atoms with Crippen molar-refractivity contribution in [3.63, 3.8) is 0 Å². The van der Waals surface area contributed by atoms with Crippen LogP contribution in [0.15, 0.2) is 0 Å². The van der Waals surface area contributed by atoms with Gasteiger partial charge in [-0.2, -0.15) is 0 Å². The lowest BCUT2D eigenvalue weighted by Crippen LogP contribution is -2.61. The van der Waals surface area contributed by atoms with Gasteiger partial charge in [0, 0.05) is 6.61 Å². The summed E-state index contributed by atoms with van der Waals surface area (Å²) in [5, 5.41) is 38.3. The summed E-state index contributed by atoms with van der Waals surface area (Å²) >= 11 is 0. The molecule has 0 aliphatic carbocycles. The summed E-state index contributed by atoms with van der Waals surface area (Å²) in [6.45, 7) is 2.71. The molecule has 2 atom stereocenters. The summed E-state index contributed by atoms with van der Waals surface area (Å²) < 4.78 is 0. The van der Waals surface area contributed by atoms with Gasteiger partial charge in [0.2, 0.25) is 0 Å². The first-order valence-electron chi connectivity index (χ1n) is 13.2. The summed E-state index contributed by atoms with van der Waals surface area (Å²) in [4.78, 5) is 50.4. The minimum absolute atomic E-state index is 0.0267. The van der Waals surface area contributed by atoms with Crippen molar-refractivity contribution >= 4 is 23.3 Å². The lowest BCUT2D eigenvalue weighted by atomic mass is 9.53. The highest BCUT2D eigenvalue weighted by Crippen LogP contribution is 2.50. The van der Waals surface area contributed by atoms with E-state index in [0.29, 0.717) is 12.8 Å². The fourth-order valence-corrected chi connectivity index (χ4v) is 5.40. The summed E-state index contributed by atoms with van der Waals surface area (Å²) in [7, 11) is 0. The minimum Gasteiger partial charge on any atom is -0.480 e. The van der Waals surface area contributed by atoms with Crippen LogP contribution >= 0.6 is 0 Å². The summed E-state index contributed by atoms with van der Waals surface area (Å²) in [5.41, 5.74) is -4.51. The van der Waals surface area contributed by atoms with Crippen LogP contribution in [0.4, 0.5) is 0 Å². The van der Waals surface area contributed by atoms with Crippen LogP contribution < -0.4 is 0 Å². The summed E-state index contributed by atoms with van der Waals surface area (Å²) in [6.07, 6.45) is 11.3. The topological polar surface area (TPSA) is 149 Å². The van der Waals surface area contributed by atoms with E-state index in [4.69, 9.17) is 5.11 Å². The van der Waals surface area contributed by atoms with Crippen molar-refractivity contribution in [2.75, 3.05) is 13.2 Å². The molecular formula is C27H48O8. The second-order valence-corrected chi connectivity index (χ2v) is 9.92. The third-order valence-electron chi connectivity index (χ3n) is 7.33. The molecule has 0 fully saturated rings. The number of unbranched alkanes of at least 4 members (excludes halogenated alkanes) is 12. The molecule has 0 amide bonds. The molecule has 0 aromatic heterocycles. The first kappa shape index (κ1) is 33.4. The predicted molar refractivity (Wildman–Crippen MR) is 134 cm³/mol. The maximum atomic E-state index is 12.9. The Morgan fingerprint density at radius 2 is 1.00 bits per heavy atom. The van der Waals surface area contributed by atoms with Crippen LogP contribution in [0.5, 0.6) is 0 Å². The van der Waals surface area contributed by atoms with Crippen molar-refractivity contribution in [2.45, 2.75) is 123 Å². The van der Waals surface area contributed by atoms with Gasteiger partial charge in [-0.05, 0) is 40.0 Å². The number of rotatable bonds is 23. The van der Waals surface area contributed by atoms with Crippen molar-refractivity contribution in [1.29, 1.82) is 0 Å². The van der Waals surface area contributed by atoms with Crippen molar-refractivity contribution in [1.82, 2.24) is 0 Å². The molecule has 0 heterocycles. The number of carboxylic acid groups (broad SMARTS) is 1. The van der Waals surface area contributed by atoms with E-state index in [1.54, 1.807) is 0 Å². The van der Waals surface area contributed by atoms with Gasteiger partial charge in [0.1, 0.15) is 5.78 Å². The van der Waals surface area contributed by atoms with Crippen LogP contribution in [0.2, 0.25) is 0 Å². The van der Waals surface area contributed by atoms with E-state index in [-0.39, 0.29) is 13.0 Å². The van der Waals surface area contributed by atoms with E-state index >= 15 is 0 Å². The number of ketones is 3. The van der Waals surface area contributed by atoms with E-state index in [0.717, 1.165) is 59.3 Å². The van der Waals surface area contributed by atoms with Gasteiger partial charge in [0.15, 0.2) is 17.0 Å². The number of hydrogen-bond donors (Lipinski definition) is 4. The fraction of sp³-hybridized carbons (Fsp3) is 0.852. The molecule has 0 radical (unpaired) electrons. The zero-order valence-corrected chi connectivity index (χ0v) is 22.0. The average molecular weight is 501 g/mol. The second-order valence-electron chi connectivity index (χ2n) is 9.92. The smallest absolute Gasteiger partial charge is 0.325 e. The molecule has 35 heavy (non-hydrogen) atoms. The van der Waals surface area contributed by atoms with Gasteiger partial charge in [-0.3, -0.25) is 19.2 Å². The molecule has 0 saturated carbocycles. The molecule has 0 spiro atoms. The zero-order valence-electron chi connectivity index (χ0n) is 22.0. The Kier molecular flexibility index (Phi) is 16.9. The van der Waals surface area contributed by atoms with E-state index in [2.05, 4.69) is 0 Å². The maximum Gasteiger partial charge on any atom is 0.325 e. The fourth-order valence-electron chi connectivity index (χ4n) is 5.40. The lowest BCUT2D eigenvalue weighted by Gasteiger charge is -2.44. The van der Waals surface area contributed by atoms with E-state index in [1.807, 2.05) is 0 Å². The summed E-state index contributed by atoms with van der Waals surface area (Å²) in [6, 6.07) is 0. The standard InChI is InChI=1S/C27H48O8/c1-21(30)26(19-24(33)20-29,27(22(2)31,23(3)32)25(34)35)17-15-13-11-9-7-5-4-6-8-10-12-14-16-18-28/h24,28-29,33H,4-20H2,1-3H3,(H,34,35). The van der Waals surface area contributed by atoms with E-state index in [9.17, 15) is 34.5 Å². The number of aliphatic hydroxyl groups excluding tert-OH is 3. The molecular weight excluding hydrogens is 452 g/mol.